The van der Waals surface area contributed by atoms with Crippen LogP contribution in [0.2, 0.25) is 0 Å². The molecule has 4 aliphatic carbocycles. The second-order valence-electron chi connectivity index (χ2n) is 11.0. The van der Waals surface area contributed by atoms with Gasteiger partial charge in [-0.1, -0.05) is 48.9 Å². The van der Waals surface area contributed by atoms with Gasteiger partial charge in [-0.25, -0.2) is 4.68 Å². The monoisotopic (exact) mass is 431 g/mol. The summed E-state index contributed by atoms with van der Waals surface area (Å²) in [5.41, 5.74) is 5.60. The molecular formula is C27H33N3O2. The average molecular weight is 432 g/mol. The molecule has 2 fully saturated rings. The number of esters is 1. The van der Waals surface area contributed by atoms with Crippen molar-refractivity contribution in [1.82, 2.24) is 15.0 Å². The largest absolute Gasteiger partial charge is 0.462 e. The van der Waals surface area contributed by atoms with E-state index in [0.29, 0.717) is 17.8 Å². The first-order chi connectivity index (χ1) is 15.4. The Balaban J connectivity index is 1.32. The Labute approximate surface area is 190 Å². The van der Waals surface area contributed by atoms with Crippen LogP contribution in [0.25, 0.3) is 5.69 Å². The molecule has 168 valence electrons. The molecule has 1 aromatic carbocycles. The topological polar surface area (TPSA) is 57.0 Å². The van der Waals surface area contributed by atoms with Crippen LogP contribution in [0.4, 0.5) is 0 Å². The SMILES string of the molecule is CC(=O)OC1CCC2(C)C(=CCC3C2CCC2(C)c4c(nnn4-c4ccccc4)CC32)C1. The second-order valence-corrected chi connectivity index (χ2v) is 11.0. The van der Waals surface area contributed by atoms with Crippen LogP contribution >= 0.6 is 0 Å². The fourth-order valence-corrected chi connectivity index (χ4v) is 7.93. The molecule has 1 heterocycles. The lowest BCUT2D eigenvalue weighted by molar-refractivity contribution is -0.148. The Morgan fingerprint density at radius 2 is 1.84 bits per heavy atom. The van der Waals surface area contributed by atoms with E-state index in [4.69, 9.17) is 4.74 Å². The van der Waals surface area contributed by atoms with Crippen molar-refractivity contribution in [1.29, 1.82) is 0 Å². The highest BCUT2D eigenvalue weighted by atomic mass is 16.5. The third kappa shape index (κ3) is 2.79. The fourth-order valence-electron chi connectivity index (χ4n) is 7.93. The van der Waals surface area contributed by atoms with Gasteiger partial charge in [-0.3, -0.25) is 4.79 Å². The summed E-state index contributed by atoms with van der Waals surface area (Å²) in [6.45, 7) is 6.50. The number of hydrogen-bond acceptors (Lipinski definition) is 4. The number of allylic oxidation sites excluding steroid dienone is 1. The molecule has 0 aliphatic heterocycles. The van der Waals surface area contributed by atoms with Gasteiger partial charge in [0.25, 0.3) is 0 Å². The summed E-state index contributed by atoms with van der Waals surface area (Å²) in [5.74, 6) is 1.87. The second kappa shape index (κ2) is 7.03. The smallest absolute Gasteiger partial charge is 0.302 e. The van der Waals surface area contributed by atoms with E-state index in [1.807, 2.05) is 0 Å². The van der Waals surface area contributed by atoms with Crippen LogP contribution in [0, 0.1) is 23.2 Å². The number of benzene rings is 1. The number of fused-ring (bicyclic) bond motifs is 7. The van der Waals surface area contributed by atoms with E-state index >= 15 is 0 Å². The number of rotatable bonds is 2. The summed E-state index contributed by atoms with van der Waals surface area (Å²) in [5, 5.41) is 9.24. The van der Waals surface area contributed by atoms with Crippen LogP contribution in [0.15, 0.2) is 42.0 Å². The highest BCUT2D eigenvalue weighted by molar-refractivity contribution is 5.66. The maximum atomic E-state index is 11.5. The van der Waals surface area contributed by atoms with E-state index in [2.05, 4.69) is 65.2 Å². The Kier molecular flexibility index (Phi) is 4.44. The molecule has 0 saturated heterocycles. The average Bonchev–Trinajstić information content (AvgIpc) is 3.32. The van der Waals surface area contributed by atoms with Gasteiger partial charge in [-0.2, -0.15) is 0 Å². The first-order valence-corrected chi connectivity index (χ1v) is 12.3. The van der Waals surface area contributed by atoms with Crippen molar-refractivity contribution >= 4 is 5.97 Å². The van der Waals surface area contributed by atoms with E-state index in [0.717, 1.165) is 37.8 Å². The van der Waals surface area contributed by atoms with Crippen molar-refractivity contribution in [2.45, 2.75) is 77.2 Å². The van der Waals surface area contributed by atoms with Gasteiger partial charge in [0.1, 0.15) is 6.10 Å². The van der Waals surface area contributed by atoms with E-state index in [1.165, 1.54) is 31.2 Å². The molecule has 0 N–H and O–H groups in total. The predicted molar refractivity (Wildman–Crippen MR) is 122 cm³/mol. The highest BCUT2D eigenvalue weighted by Gasteiger charge is 2.59. The molecule has 1 aromatic heterocycles. The molecule has 2 aromatic rings. The Bertz CT molecular complexity index is 1090. The van der Waals surface area contributed by atoms with Crippen LogP contribution in [0.5, 0.6) is 0 Å². The molecule has 2 saturated carbocycles. The van der Waals surface area contributed by atoms with Crippen molar-refractivity contribution in [3.8, 4) is 5.69 Å². The van der Waals surface area contributed by atoms with Crippen molar-refractivity contribution < 1.29 is 9.53 Å². The first kappa shape index (κ1) is 20.2. The molecule has 6 unspecified atom stereocenters. The lowest BCUT2D eigenvalue weighted by Crippen LogP contribution is -2.51. The van der Waals surface area contributed by atoms with Gasteiger partial charge in [0, 0.05) is 18.8 Å². The maximum absolute atomic E-state index is 11.5. The van der Waals surface area contributed by atoms with Gasteiger partial charge < -0.3 is 4.74 Å². The number of nitrogens with zero attached hydrogens (tertiary/aromatic N) is 3. The minimum absolute atomic E-state index is 0.0639. The van der Waals surface area contributed by atoms with Crippen molar-refractivity contribution in [3.63, 3.8) is 0 Å². The summed E-state index contributed by atoms with van der Waals surface area (Å²) in [6, 6.07) is 10.5. The zero-order valence-electron chi connectivity index (χ0n) is 19.4. The Morgan fingerprint density at radius 1 is 1.06 bits per heavy atom. The van der Waals surface area contributed by atoms with Gasteiger partial charge >= 0.3 is 5.97 Å². The van der Waals surface area contributed by atoms with E-state index < -0.39 is 0 Å². The third-order valence-electron chi connectivity index (χ3n) is 9.48. The molecule has 0 bridgehead atoms. The molecule has 5 heteroatoms. The van der Waals surface area contributed by atoms with Crippen LogP contribution in [0.3, 0.4) is 0 Å². The van der Waals surface area contributed by atoms with Crippen LogP contribution in [0.1, 0.15) is 70.7 Å². The van der Waals surface area contributed by atoms with E-state index in [1.54, 1.807) is 5.57 Å². The minimum Gasteiger partial charge on any atom is -0.462 e. The molecule has 6 rings (SSSR count). The number of para-hydroxylation sites is 1. The number of carbonyl (C=O) groups excluding carboxylic acids is 1. The number of ether oxygens (including phenoxy) is 1. The number of aromatic nitrogens is 3. The van der Waals surface area contributed by atoms with Gasteiger partial charge in [0.2, 0.25) is 0 Å². The van der Waals surface area contributed by atoms with E-state index in [-0.39, 0.29) is 22.9 Å². The molecule has 6 atom stereocenters. The van der Waals surface area contributed by atoms with Crippen molar-refractivity contribution in [3.05, 3.63) is 53.4 Å². The van der Waals surface area contributed by atoms with Crippen LogP contribution in [-0.2, 0) is 21.4 Å². The molecule has 0 radical (unpaired) electrons. The molecule has 32 heavy (non-hydrogen) atoms. The molecule has 4 aliphatic rings. The molecular weight excluding hydrogens is 398 g/mol. The summed E-state index contributed by atoms with van der Waals surface area (Å²) in [7, 11) is 0. The zero-order chi connectivity index (χ0) is 22.1. The standard InChI is InChI=1S/C27H33N3O2/c1-17(31)32-20-11-13-26(2)18(15-20)9-10-21-22(26)12-14-27(3)23(21)16-24-25(27)30(29-28-24)19-7-5-4-6-8-19/h4-9,20-23H,10-16H2,1-3H3. The number of hydrogen-bond donors (Lipinski definition) is 0. The Morgan fingerprint density at radius 3 is 2.62 bits per heavy atom. The minimum atomic E-state index is -0.148. The summed E-state index contributed by atoms with van der Waals surface area (Å²) in [6.07, 6.45) is 10.3. The zero-order valence-corrected chi connectivity index (χ0v) is 19.4. The van der Waals surface area contributed by atoms with Gasteiger partial charge in [-0.05, 0) is 73.8 Å². The van der Waals surface area contributed by atoms with E-state index in [9.17, 15) is 4.79 Å². The normalized spacial score (nSPS) is 37.5. The summed E-state index contributed by atoms with van der Waals surface area (Å²) < 4.78 is 7.71. The predicted octanol–water partition coefficient (Wildman–Crippen LogP) is 5.18. The highest BCUT2D eigenvalue weighted by Crippen LogP contribution is 2.64. The van der Waals surface area contributed by atoms with Crippen LogP contribution < -0.4 is 0 Å². The summed E-state index contributed by atoms with van der Waals surface area (Å²) in [4.78, 5) is 11.5. The van der Waals surface area contributed by atoms with Crippen molar-refractivity contribution in [2.24, 2.45) is 23.2 Å². The summed E-state index contributed by atoms with van der Waals surface area (Å²) >= 11 is 0. The van der Waals surface area contributed by atoms with Gasteiger partial charge in [0.05, 0.1) is 17.1 Å². The number of carbonyl (C=O) groups is 1. The molecule has 0 amide bonds. The quantitative estimate of drug-likeness (QED) is 0.486. The molecule has 0 spiro atoms. The fraction of sp³-hybridized carbons (Fsp3) is 0.593. The third-order valence-corrected chi connectivity index (χ3v) is 9.48. The lowest BCUT2D eigenvalue weighted by Gasteiger charge is -2.57. The first-order valence-electron chi connectivity index (χ1n) is 12.3. The van der Waals surface area contributed by atoms with Crippen LogP contribution in [-0.4, -0.2) is 27.1 Å². The van der Waals surface area contributed by atoms with Crippen molar-refractivity contribution in [2.75, 3.05) is 0 Å². The molecule has 5 nitrogen and oxygen atoms in total. The lowest BCUT2D eigenvalue weighted by atomic mass is 9.48. The van der Waals surface area contributed by atoms with Gasteiger partial charge in [-0.15, -0.1) is 5.10 Å². The maximum Gasteiger partial charge on any atom is 0.302 e. The van der Waals surface area contributed by atoms with Gasteiger partial charge in [0.15, 0.2) is 0 Å². The Hall–Kier alpha value is -2.43.